The molecule has 0 aromatic carbocycles. The molecule has 0 spiro atoms. The topological polar surface area (TPSA) is 102 Å². The minimum absolute atomic E-state index is 0.0953. The van der Waals surface area contributed by atoms with E-state index in [1.54, 1.807) is 23.5 Å². The number of thiophene rings is 1. The second-order valence-corrected chi connectivity index (χ2v) is 9.39. The smallest absolute Gasteiger partial charge is 0.321 e. The van der Waals surface area contributed by atoms with Crippen LogP contribution in [-0.2, 0) is 17.8 Å². The Morgan fingerprint density at radius 2 is 2.06 bits per heavy atom. The molecule has 2 N–H and O–H groups in total. The number of rotatable bonds is 8. The molecule has 0 saturated heterocycles. The van der Waals surface area contributed by atoms with Crippen LogP contribution in [0.4, 0.5) is 4.79 Å². The first-order valence-corrected chi connectivity index (χ1v) is 12.2. The Kier molecular flexibility index (Phi) is 7.42. The van der Waals surface area contributed by atoms with E-state index in [9.17, 15) is 9.59 Å². The van der Waals surface area contributed by atoms with Gasteiger partial charge in [-0.1, -0.05) is 37.1 Å². The van der Waals surface area contributed by atoms with E-state index in [2.05, 4.69) is 36.8 Å². The third kappa shape index (κ3) is 5.98. The van der Waals surface area contributed by atoms with Crippen molar-refractivity contribution in [1.82, 2.24) is 25.4 Å². The summed E-state index contributed by atoms with van der Waals surface area (Å²) in [5, 5.41) is 16.6. The van der Waals surface area contributed by atoms with Crippen LogP contribution < -0.4 is 10.6 Å². The summed E-state index contributed by atoms with van der Waals surface area (Å²) in [6, 6.07) is 7.45. The summed E-state index contributed by atoms with van der Waals surface area (Å²) >= 11 is 3.03. The Morgan fingerprint density at radius 3 is 2.81 bits per heavy atom. The molecule has 0 bridgehead atoms. The molecule has 31 heavy (non-hydrogen) atoms. The number of nitrogens with one attached hydrogen (secondary N) is 2. The predicted molar refractivity (Wildman–Crippen MR) is 119 cm³/mol. The van der Waals surface area contributed by atoms with Gasteiger partial charge in [0.25, 0.3) is 0 Å². The molecule has 1 aliphatic carbocycles. The number of amides is 3. The number of nitrogens with zero attached hydrogens (tertiary/aromatic N) is 3. The van der Waals surface area contributed by atoms with Gasteiger partial charge in [0, 0.05) is 17.3 Å². The first kappa shape index (κ1) is 21.6. The van der Waals surface area contributed by atoms with Crippen molar-refractivity contribution in [3.63, 3.8) is 0 Å². The molecule has 8 nitrogen and oxygen atoms in total. The van der Waals surface area contributed by atoms with Crippen LogP contribution >= 0.6 is 23.1 Å². The van der Waals surface area contributed by atoms with Crippen LogP contribution in [0.1, 0.15) is 54.6 Å². The first-order chi connectivity index (χ1) is 15.2. The summed E-state index contributed by atoms with van der Waals surface area (Å²) in [5.41, 5.74) is 0. The van der Waals surface area contributed by atoms with Crippen LogP contribution in [-0.4, -0.2) is 32.5 Å². The Balaban J connectivity index is 1.36. The lowest BCUT2D eigenvalue weighted by Crippen LogP contribution is -2.39. The van der Waals surface area contributed by atoms with Gasteiger partial charge in [-0.3, -0.25) is 10.1 Å². The third-order valence-electron chi connectivity index (χ3n) is 5.18. The van der Waals surface area contributed by atoms with Gasteiger partial charge in [0.15, 0.2) is 5.16 Å². The molecule has 0 aliphatic heterocycles. The van der Waals surface area contributed by atoms with Gasteiger partial charge in [-0.15, -0.1) is 21.5 Å². The van der Waals surface area contributed by atoms with Gasteiger partial charge in [0.1, 0.15) is 11.6 Å². The molecule has 10 heteroatoms. The molecule has 3 amide bonds. The first-order valence-electron chi connectivity index (χ1n) is 10.4. The Morgan fingerprint density at radius 1 is 1.19 bits per heavy atom. The fourth-order valence-electron chi connectivity index (χ4n) is 3.72. The quantitative estimate of drug-likeness (QED) is 0.491. The Bertz CT molecular complexity index is 979. The molecule has 3 heterocycles. The average Bonchev–Trinajstić information content (AvgIpc) is 3.54. The van der Waals surface area contributed by atoms with Gasteiger partial charge in [-0.05, 0) is 36.4 Å². The second kappa shape index (κ2) is 10.6. The number of aromatic nitrogens is 3. The van der Waals surface area contributed by atoms with Crippen LogP contribution in [0.3, 0.4) is 0 Å². The summed E-state index contributed by atoms with van der Waals surface area (Å²) in [5.74, 6) is 1.28. The maximum atomic E-state index is 12.3. The molecule has 1 aliphatic rings. The SMILES string of the molecule is O=C(CSc1nnc(Cc2cccs2)n1C1CCCCC1)NC(=O)NCc1ccco1. The van der Waals surface area contributed by atoms with E-state index in [1.165, 1.54) is 42.2 Å². The number of urea groups is 1. The van der Waals surface area contributed by atoms with Crippen LogP contribution in [0.25, 0.3) is 0 Å². The van der Waals surface area contributed by atoms with Crippen molar-refractivity contribution >= 4 is 35.0 Å². The fourth-order valence-corrected chi connectivity index (χ4v) is 5.24. The summed E-state index contributed by atoms with van der Waals surface area (Å²) in [6.45, 7) is 0.224. The zero-order valence-electron chi connectivity index (χ0n) is 17.1. The highest BCUT2D eigenvalue weighted by atomic mass is 32.2. The van der Waals surface area contributed by atoms with Gasteiger partial charge in [-0.25, -0.2) is 4.79 Å². The molecule has 1 fully saturated rings. The minimum Gasteiger partial charge on any atom is -0.467 e. The summed E-state index contributed by atoms with van der Waals surface area (Å²) in [7, 11) is 0. The van der Waals surface area contributed by atoms with E-state index in [1.807, 2.05) is 6.07 Å². The monoisotopic (exact) mass is 459 g/mol. The predicted octanol–water partition coefficient (Wildman–Crippen LogP) is 4.15. The van der Waals surface area contributed by atoms with E-state index >= 15 is 0 Å². The molecule has 1 saturated carbocycles. The Labute approximate surface area is 188 Å². The minimum atomic E-state index is -0.547. The van der Waals surface area contributed by atoms with Crippen molar-refractivity contribution < 1.29 is 14.0 Å². The van der Waals surface area contributed by atoms with E-state index in [0.717, 1.165) is 30.2 Å². The highest BCUT2D eigenvalue weighted by molar-refractivity contribution is 7.99. The molecule has 164 valence electrons. The van der Waals surface area contributed by atoms with Crippen LogP contribution in [0, 0.1) is 0 Å². The van der Waals surface area contributed by atoms with E-state index in [4.69, 9.17) is 4.42 Å². The maximum Gasteiger partial charge on any atom is 0.321 e. The highest BCUT2D eigenvalue weighted by Gasteiger charge is 2.24. The molecule has 0 unspecified atom stereocenters. The lowest BCUT2D eigenvalue weighted by Gasteiger charge is -2.25. The van der Waals surface area contributed by atoms with Gasteiger partial charge in [0.05, 0.1) is 18.6 Å². The molecule has 4 rings (SSSR count). The van der Waals surface area contributed by atoms with Gasteiger partial charge in [-0.2, -0.15) is 0 Å². The molecule has 0 atom stereocenters. The summed E-state index contributed by atoms with van der Waals surface area (Å²) in [6.07, 6.45) is 8.13. The molecule has 3 aromatic heterocycles. The lowest BCUT2D eigenvalue weighted by atomic mass is 9.95. The average molecular weight is 460 g/mol. The standard InChI is InChI=1S/C21H25N5O3S2/c27-19(23-20(28)22-13-16-8-4-10-29-16)14-31-21-25-24-18(12-17-9-5-11-30-17)26(21)15-6-2-1-3-7-15/h4-5,8-11,15H,1-3,6-7,12-14H2,(H2,22,23,27,28). The normalized spacial score (nSPS) is 14.5. The van der Waals surface area contributed by atoms with Gasteiger partial charge >= 0.3 is 6.03 Å². The van der Waals surface area contributed by atoms with Crippen molar-refractivity contribution in [2.45, 2.75) is 56.3 Å². The number of thioether (sulfide) groups is 1. The molecule has 0 radical (unpaired) electrons. The summed E-state index contributed by atoms with van der Waals surface area (Å²) in [4.78, 5) is 25.4. The van der Waals surface area contributed by atoms with Crippen LogP contribution in [0.2, 0.25) is 0 Å². The zero-order valence-corrected chi connectivity index (χ0v) is 18.7. The summed E-state index contributed by atoms with van der Waals surface area (Å²) < 4.78 is 7.37. The fraction of sp³-hybridized carbons (Fsp3) is 0.429. The Hall–Kier alpha value is -2.59. The van der Waals surface area contributed by atoms with Gasteiger partial charge in [0.2, 0.25) is 5.91 Å². The molecule has 3 aromatic rings. The number of hydrogen-bond donors (Lipinski definition) is 2. The van der Waals surface area contributed by atoms with Crippen molar-refractivity contribution in [3.8, 4) is 0 Å². The second-order valence-electron chi connectivity index (χ2n) is 7.42. The number of imide groups is 1. The van der Waals surface area contributed by atoms with Gasteiger partial charge < -0.3 is 14.3 Å². The number of carbonyl (C=O) groups excluding carboxylic acids is 2. The van der Waals surface area contributed by atoms with Crippen molar-refractivity contribution in [2.24, 2.45) is 0 Å². The number of hydrogen-bond acceptors (Lipinski definition) is 7. The van der Waals surface area contributed by atoms with Crippen molar-refractivity contribution in [2.75, 3.05) is 5.75 Å². The van der Waals surface area contributed by atoms with E-state index in [0.29, 0.717) is 11.8 Å². The molecular weight excluding hydrogens is 434 g/mol. The molecular formula is C21H25N5O3S2. The van der Waals surface area contributed by atoms with Crippen molar-refractivity contribution in [3.05, 3.63) is 52.4 Å². The zero-order chi connectivity index (χ0) is 21.5. The van der Waals surface area contributed by atoms with E-state index < -0.39 is 6.03 Å². The maximum absolute atomic E-state index is 12.3. The van der Waals surface area contributed by atoms with Crippen molar-refractivity contribution in [1.29, 1.82) is 0 Å². The van der Waals surface area contributed by atoms with Crippen LogP contribution in [0.15, 0.2) is 45.5 Å². The highest BCUT2D eigenvalue weighted by Crippen LogP contribution is 2.33. The van der Waals surface area contributed by atoms with E-state index in [-0.39, 0.29) is 18.2 Å². The van der Waals surface area contributed by atoms with Crippen LogP contribution in [0.5, 0.6) is 0 Å². The third-order valence-corrected chi connectivity index (χ3v) is 7.00. The largest absolute Gasteiger partial charge is 0.467 e. The number of furan rings is 1. The number of carbonyl (C=O) groups is 2. The lowest BCUT2D eigenvalue weighted by molar-refractivity contribution is -0.117.